The van der Waals surface area contributed by atoms with Crippen molar-refractivity contribution in [2.24, 2.45) is 5.73 Å². The molecule has 2 N–H and O–H groups in total. The molecular formula is C25H19N7O4S. The number of nitriles is 1. The van der Waals surface area contributed by atoms with Gasteiger partial charge in [0.05, 0.1) is 37.4 Å². The van der Waals surface area contributed by atoms with Crippen LogP contribution in [0.1, 0.15) is 11.5 Å². The van der Waals surface area contributed by atoms with Crippen molar-refractivity contribution >= 4 is 33.9 Å². The third-order valence-electron chi connectivity index (χ3n) is 5.87. The number of anilines is 1. The fraction of sp³-hybridized carbons (Fsp3) is 0.120. The second-order valence-corrected chi connectivity index (χ2v) is 8.80. The number of nitrogens with two attached hydrogens (primary N) is 1. The van der Waals surface area contributed by atoms with E-state index in [1.165, 1.54) is 36.8 Å². The summed E-state index contributed by atoms with van der Waals surface area (Å²) in [5.41, 5.74) is 8.26. The first-order chi connectivity index (χ1) is 18.0. The van der Waals surface area contributed by atoms with E-state index in [0.717, 1.165) is 5.56 Å². The van der Waals surface area contributed by atoms with Crippen molar-refractivity contribution in [2.75, 3.05) is 19.1 Å². The van der Waals surface area contributed by atoms with Crippen molar-refractivity contribution in [3.05, 3.63) is 89.2 Å². The van der Waals surface area contributed by atoms with Crippen LogP contribution >= 0.6 is 11.3 Å². The van der Waals surface area contributed by atoms with Crippen LogP contribution in [-0.2, 0) is 19.1 Å². The van der Waals surface area contributed by atoms with E-state index >= 15 is 0 Å². The Kier molecular flexibility index (Phi) is 6.12. The zero-order valence-electron chi connectivity index (χ0n) is 19.7. The van der Waals surface area contributed by atoms with Crippen molar-refractivity contribution in [1.29, 1.82) is 5.26 Å². The Morgan fingerprint density at radius 3 is 2.38 bits per heavy atom. The Morgan fingerprint density at radius 2 is 1.76 bits per heavy atom. The zero-order valence-corrected chi connectivity index (χ0v) is 20.5. The molecule has 37 heavy (non-hydrogen) atoms. The monoisotopic (exact) mass is 513 g/mol. The van der Waals surface area contributed by atoms with Crippen LogP contribution in [0.25, 0.3) is 15.5 Å². The lowest BCUT2D eigenvalue weighted by Gasteiger charge is -2.35. The van der Waals surface area contributed by atoms with Gasteiger partial charge in [-0.1, -0.05) is 41.7 Å². The summed E-state index contributed by atoms with van der Waals surface area (Å²) in [6, 6.07) is 18.0. The van der Waals surface area contributed by atoms with Gasteiger partial charge in [0, 0.05) is 11.3 Å². The van der Waals surface area contributed by atoms with Crippen LogP contribution in [0, 0.1) is 11.3 Å². The molecule has 3 heterocycles. The Hall–Kier alpha value is -5.02. The molecule has 1 atom stereocenters. The molecule has 2 aromatic carbocycles. The number of hydrogen-bond acceptors (Lipinski definition) is 11. The van der Waals surface area contributed by atoms with Gasteiger partial charge in [-0.15, -0.1) is 10.2 Å². The normalized spacial score (nSPS) is 15.6. The predicted octanol–water partition coefficient (Wildman–Crippen LogP) is 2.75. The van der Waals surface area contributed by atoms with Gasteiger partial charge >= 0.3 is 11.9 Å². The van der Waals surface area contributed by atoms with Crippen LogP contribution in [0.3, 0.4) is 0 Å². The summed E-state index contributed by atoms with van der Waals surface area (Å²) >= 11 is 1.36. The molecule has 0 radical (unpaired) electrons. The summed E-state index contributed by atoms with van der Waals surface area (Å²) in [6.07, 6.45) is 1.51. The number of nitrogens with zero attached hydrogens (tertiary/aromatic N) is 6. The second-order valence-electron chi connectivity index (χ2n) is 7.85. The largest absolute Gasteiger partial charge is 0.466 e. The molecular weight excluding hydrogens is 494 g/mol. The minimum Gasteiger partial charge on any atom is -0.466 e. The maximum Gasteiger partial charge on any atom is 0.355 e. The highest BCUT2D eigenvalue weighted by molar-refractivity contribution is 7.19. The van der Waals surface area contributed by atoms with Gasteiger partial charge in [-0.05, 0) is 29.8 Å². The van der Waals surface area contributed by atoms with Crippen molar-refractivity contribution in [3.8, 4) is 16.6 Å². The Morgan fingerprint density at radius 1 is 1.05 bits per heavy atom. The number of ether oxygens (including phenoxy) is 2. The topological polar surface area (TPSA) is 149 Å². The van der Waals surface area contributed by atoms with E-state index in [4.69, 9.17) is 15.2 Å². The number of aromatic nitrogens is 4. The number of fused-ring (bicyclic) bond motifs is 1. The van der Waals surface area contributed by atoms with Crippen molar-refractivity contribution < 1.29 is 19.1 Å². The number of benzene rings is 2. The van der Waals surface area contributed by atoms with E-state index in [0.29, 0.717) is 21.2 Å². The first-order valence-electron chi connectivity index (χ1n) is 10.9. The average Bonchev–Trinajstić information content (AvgIpc) is 3.55. The number of carbonyl (C=O) groups excluding carboxylic acids is 2. The zero-order chi connectivity index (χ0) is 26.1. The van der Waals surface area contributed by atoms with Crippen molar-refractivity contribution in [2.45, 2.75) is 5.92 Å². The van der Waals surface area contributed by atoms with Gasteiger partial charge in [0.1, 0.15) is 22.9 Å². The van der Waals surface area contributed by atoms with Crippen LogP contribution in [-0.4, -0.2) is 46.0 Å². The number of esters is 2. The smallest absolute Gasteiger partial charge is 0.355 e. The molecule has 0 aliphatic carbocycles. The highest BCUT2D eigenvalue weighted by atomic mass is 32.1. The molecule has 2 aromatic heterocycles. The van der Waals surface area contributed by atoms with Gasteiger partial charge in [0.25, 0.3) is 0 Å². The molecule has 11 nitrogen and oxygen atoms in total. The van der Waals surface area contributed by atoms with Gasteiger partial charge < -0.3 is 15.2 Å². The van der Waals surface area contributed by atoms with E-state index in [-0.39, 0.29) is 22.7 Å². The minimum absolute atomic E-state index is 0.00375. The summed E-state index contributed by atoms with van der Waals surface area (Å²) in [6.45, 7) is 0. The van der Waals surface area contributed by atoms with Gasteiger partial charge in [-0.2, -0.15) is 14.9 Å². The lowest BCUT2D eigenvalue weighted by molar-refractivity contribution is -0.139. The van der Waals surface area contributed by atoms with E-state index in [2.05, 4.69) is 21.4 Å². The van der Waals surface area contributed by atoms with Gasteiger partial charge in [0.2, 0.25) is 4.96 Å². The minimum atomic E-state index is -0.927. The first-order valence-corrected chi connectivity index (χ1v) is 11.7. The van der Waals surface area contributed by atoms with Crippen LogP contribution in [0.15, 0.2) is 83.6 Å². The summed E-state index contributed by atoms with van der Waals surface area (Å²) in [5.74, 6) is -2.52. The maximum absolute atomic E-state index is 13.1. The number of allylic oxidation sites excluding steroid dienone is 1. The fourth-order valence-electron chi connectivity index (χ4n) is 4.21. The van der Waals surface area contributed by atoms with Crippen LogP contribution < -0.4 is 10.6 Å². The Bertz CT molecular complexity index is 1590. The third-order valence-corrected chi connectivity index (χ3v) is 6.83. The summed E-state index contributed by atoms with van der Waals surface area (Å²) in [4.78, 5) is 28.3. The predicted molar refractivity (Wildman–Crippen MR) is 134 cm³/mol. The number of methoxy groups -OCH3 is 2. The molecule has 184 valence electrons. The molecule has 0 amide bonds. The molecule has 0 saturated carbocycles. The number of hydrogen-bond donors (Lipinski definition) is 1. The molecule has 0 saturated heterocycles. The van der Waals surface area contributed by atoms with Crippen LogP contribution in [0.2, 0.25) is 0 Å². The standard InChI is InChI=1S/C25H19N7O4S/c1-35-23(33)19-18(14-6-4-3-5-7-14)17(12-26)21(27)32(20(19)24(34)36-2)16-10-8-15(9-11-16)22-30-31-13-28-29-25(31)37-22/h3-11,13,18H,27H2,1-2H3. The van der Waals surface area contributed by atoms with E-state index in [9.17, 15) is 14.9 Å². The Balaban J connectivity index is 1.69. The Labute approximate surface area is 214 Å². The lowest BCUT2D eigenvalue weighted by Crippen LogP contribution is -2.40. The second kappa shape index (κ2) is 9.56. The quantitative estimate of drug-likeness (QED) is 0.395. The molecule has 1 aliphatic rings. The van der Waals surface area contributed by atoms with Crippen molar-refractivity contribution in [3.63, 3.8) is 0 Å². The summed E-state index contributed by atoms with van der Waals surface area (Å²) < 4.78 is 11.7. The third kappa shape index (κ3) is 3.97. The van der Waals surface area contributed by atoms with Gasteiger partial charge in [0.15, 0.2) is 0 Å². The molecule has 12 heteroatoms. The first kappa shape index (κ1) is 23.7. The van der Waals surface area contributed by atoms with Gasteiger partial charge in [-0.3, -0.25) is 4.90 Å². The lowest BCUT2D eigenvalue weighted by atomic mass is 9.81. The molecule has 0 bridgehead atoms. The summed E-state index contributed by atoms with van der Waals surface area (Å²) in [5, 5.41) is 23.1. The molecule has 4 aromatic rings. The molecule has 0 spiro atoms. The molecule has 0 fully saturated rings. The number of rotatable bonds is 5. The molecule has 1 unspecified atom stereocenters. The summed E-state index contributed by atoms with van der Waals surface area (Å²) in [7, 11) is 2.41. The van der Waals surface area contributed by atoms with Gasteiger partial charge in [-0.25, -0.2) is 9.59 Å². The van der Waals surface area contributed by atoms with Crippen LogP contribution in [0.5, 0.6) is 0 Å². The SMILES string of the molecule is COC(=O)C1=C(C(=O)OC)N(c2ccc(-c3nn4cnnc4s3)cc2)C(N)=C(C#N)C1c1ccccc1. The van der Waals surface area contributed by atoms with E-state index in [1.54, 1.807) is 59.1 Å². The highest BCUT2D eigenvalue weighted by Gasteiger charge is 2.42. The van der Waals surface area contributed by atoms with Crippen molar-refractivity contribution in [1.82, 2.24) is 19.8 Å². The van der Waals surface area contributed by atoms with Crippen LogP contribution in [0.4, 0.5) is 5.69 Å². The number of carbonyl (C=O) groups is 2. The van der Waals surface area contributed by atoms with E-state index in [1.807, 2.05) is 0 Å². The van der Waals surface area contributed by atoms with E-state index < -0.39 is 17.9 Å². The highest BCUT2D eigenvalue weighted by Crippen LogP contribution is 2.43. The molecule has 1 aliphatic heterocycles. The molecule has 5 rings (SSSR count). The fourth-order valence-corrected chi connectivity index (χ4v) is 5.04. The average molecular weight is 514 g/mol. The maximum atomic E-state index is 13.1.